The van der Waals surface area contributed by atoms with E-state index in [0.717, 1.165) is 15.9 Å². The van der Waals surface area contributed by atoms with Crippen LogP contribution in [-0.2, 0) is 11.2 Å². The number of benzene rings is 2. The fourth-order valence-electron chi connectivity index (χ4n) is 2.27. The number of para-hydroxylation sites is 1. The predicted octanol–water partition coefficient (Wildman–Crippen LogP) is 4.13. The lowest BCUT2D eigenvalue weighted by molar-refractivity contribution is -0.118. The number of aromatic nitrogens is 2. The van der Waals surface area contributed by atoms with Gasteiger partial charge in [0.15, 0.2) is 6.61 Å². The minimum Gasteiger partial charge on any atom is -0.483 e. The molecule has 0 atom stereocenters. The van der Waals surface area contributed by atoms with Crippen LogP contribution in [0.25, 0.3) is 0 Å². The summed E-state index contributed by atoms with van der Waals surface area (Å²) < 4.78 is 6.48. The van der Waals surface area contributed by atoms with Crippen LogP contribution < -0.4 is 15.4 Å². The van der Waals surface area contributed by atoms with Gasteiger partial charge < -0.3 is 10.1 Å². The number of carbonyl (C=O) groups is 2. The van der Waals surface area contributed by atoms with Gasteiger partial charge >= 0.3 is 0 Å². The molecule has 0 spiro atoms. The molecular formula is C19H17BrN4O3S. The Kier molecular flexibility index (Phi) is 6.72. The normalized spacial score (nSPS) is 10.4. The maximum atomic E-state index is 12.5. The van der Waals surface area contributed by atoms with E-state index in [9.17, 15) is 9.59 Å². The summed E-state index contributed by atoms with van der Waals surface area (Å²) in [5, 5.41) is 14.6. The van der Waals surface area contributed by atoms with Crippen molar-refractivity contribution in [2.45, 2.75) is 13.3 Å². The Morgan fingerprint density at radius 1 is 1.07 bits per heavy atom. The topological polar surface area (TPSA) is 93.2 Å². The van der Waals surface area contributed by atoms with Crippen LogP contribution in [0, 0.1) is 0 Å². The lowest BCUT2D eigenvalue weighted by atomic mass is 10.2. The Balaban J connectivity index is 1.62. The number of anilines is 2. The Morgan fingerprint density at radius 3 is 2.54 bits per heavy atom. The molecule has 2 amide bonds. The first kappa shape index (κ1) is 20.0. The summed E-state index contributed by atoms with van der Waals surface area (Å²) in [7, 11) is 0. The molecule has 0 unspecified atom stereocenters. The third-order valence-corrected chi connectivity index (χ3v) is 5.12. The smallest absolute Gasteiger partial charge is 0.262 e. The number of rotatable bonds is 7. The largest absolute Gasteiger partial charge is 0.483 e. The van der Waals surface area contributed by atoms with Crippen LogP contribution in [0.2, 0.25) is 0 Å². The van der Waals surface area contributed by atoms with Crippen molar-refractivity contribution in [2.75, 3.05) is 17.2 Å². The Bertz CT molecular complexity index is 975. The van der Waals surface area contributed by atoms with Crippen LogP contribution in [0.4, 0.5) is 10.8 Å². The lowest BCUT2D eigenvalue weighted by Gasteiger charge is -2.11. The SMILES string of the molecule is CCc1nnc(NC(=O)c2ccccc2OCC(=O)Nc2ccc(Br)cc2)s1. The molecule has 2 N–H and O–H groups in total. The van der Waals surface area contributed by atoms with Gasteiger partial charge in [0.2, 0.25) is 5.13 Å². The Labute approximate surface area is 174 Å². The molecule has 0 aliphatic heterocycles. The van der Waals surface area contributed by atoms with E-state index in [1.807, 2.05) is 19.1 Å². The van der Waals surface area contributed by atoms with Gasteiger partial charge in [0.05, 0.1) is 5.56 Å². The number of aryl methyl sites for hydroxylation is 1. The molecule has 0 aliphatic carbocycles. The van der Waals surface area contributed by atoms with Crippen LogP contribution in [0.1, 0.15) is 22.3 Å². The van der Waals surface area contributed by atoms with E-state index in [1.54, 1.807) is 36.4 Å². The van der Waals surface area contributed by atoms with Crippen molar-refractivity contribution in [3.8, 4) is 5.75 Å². The van der Waals surface area contributed by atoms with Crippen molar-refractivity contribution in [1.29, 1.82) is 0 Å². The summed E-state index contributed by atoms with van der Waals surface area (Å²) in [6.07, 6.45) is 0.751. The van der Waals surface area contributed by atoms with Gasteiger partial charge in [-0.1, -0.05) is 46.3 Å². The van der Waals surface area contributed by atoms with E-state index < -0.39 is 0 Å². The second kappa shape index (κ2) is 9.43. The molecule has 9 heteroatoms. The number of nitrogens with one attached hydrogen (secondary N) is 2. The molecule has 0 radical (unpaired) electrons. The van der Waals surface area contributed by atoms with Crippen LogP contribution in [0.5, 0.6) is 5.75 Å². The molecule has 28 heavy (non-hydrogen) atoms. The molecule has 7 nitrogen and oxygen atoms in total. The maximum absolute atomic E-state index is 12.5. The summed E-state index contributed by atoms with van der Waals surface area (Å²) in [6.45, 7) is 1.74. The lowest BCUT2D eigenvalue weighted by Crippen LogP contribution is -2.21. The molecule has 0 saturated carbocycles. The van der Waals surface area contributed by atoms with Gasteiger partial charge in [-0.3, -0.25) is 14.9 Å². The number of hydrogen-bond acceptors (Lipinski definition) is 6. The molecule has 1 aromatic heterocycles. The van der Waals surface area contributed by atoms with Gasteiger partial charge in [-0.2, -0.15) is 0 Å². The highest BCUT2D eigenvalue weighted by Crippen LogP contribution is 2.22. The minimum atomic E-state index is -0.372. The van der Waals surface area contributed by atoms with E-state index in [1.165, 1.54) is 11.3 Å². The Hall–Kier alpha value is -2.78. The second-order valence-electron chi connectivity index (χ2n) is 5.65. The number of ether oxygens (including phenoxy) is 1. The second-order valence-corrected chi connectivity index (χ2v) is 7.63. The molecule has 3 aromatic rings. The number of halogens is 1. The molecule has 0 saturated heterocycles. The van der Waals surface area contributed by atoms with Gasteiger partial charge in [0.1, 0.15) is 10.8 Å². The van der Waals surface area contributed by atoms with Crippen molar-refractivity contribution in [3.05, 3.63) is 63.6 Å². The van der Waals surface area contributed by atoms with Gasteiger partial charge in [0.25, 0.3) is 11.8 Å². The van der Waals surface area contributed by atoms with Gasteiger partial charge in [0, 0.05) is 10.2 Å². The highest BCUT2D eigenvalue weighted by atomic mass is 79.9. The zero-order valence-electron chi connectivity index (χ0n) is 14.9. The van der Waals surface area contributed by atoms with Crippen molar-refractivity contribution in [3.63, 3.8) is 0 Å². The van der Waals surface area contributed by atoms with Crippen LogP contribution in [0.15, 0.2) is 53.0 Å². The summed E-state index contributed by atoms with van der Waals surface area (Å²) in [4.78, 5) is 24.7. The average molecular weight is 461 g/mol. The highest BCUT2D eigenvalue weighted by molar-refractivity contribution is 9.10. The molecule has 0 aliphatic rings. The zero-order valence-corrected chi connectivity index (χ0v) is 17.3. The molecule has 0 bridgehead atoms. The molecular weight excluding hydrogens is 444 g/mol. The highest BCUT2D eigenvalue weighted by Gasteiger charge is 2.15. The molecule has 1 heterocycles. The van der Waals surface area contributed by atoms with Crippen LogP contribution in [0.3, 0.4) is 0 Å². The van der Waals surface area contributed by atoms with E-state index in [0.29, 0.717) is 22.1 Å². The number of hydrogen-bond donors (Lipinski definition) is 2. The third kappa shape index (κ3) is 5.37. The quantitative estimate of drug-likeness (QED) is 0.552. The zero-order chi connectivity index (χ0) is 19.9. The van der Waals surface area contributed by atoms with Crippen molar-refractivity contribution in [1.82, 2.24) is 10.2 Å². The molecule has 144 valence electrons. The van der Waals surface area contributed by atoms with Gasteiger partial charge in [-0.25, -0.2) is 0 Å². The van der Waals surface area contributed by atoms with E-state index in [-0.39, 0.29) is 18.4 Å². The van der Waals surface area contributed by atoms with E-state index in [2.05, 4.69) is 36.8 Å². The molecule has 2 aromatic carbocycles. The first-order chi connectivity index (χ1) is 13.5. The average Bonchev–Trinajstić information content (AvgIpc) is 3.16. The van der Waals surface area contributed by atoms with Crippen LogP contribution in [-0.4, -0.2) is 28.6 Å². The molecule has 3 rings (SSSR count). The Morgan fingerprint density at radius 2 is 1.82 bits per heavy atom. The fraction of sp³-hybridized carbons (Fsp3) is 0.158. The van der Waals surface area contributed by atoms with E-state index >= 15 is 0 Å². The third-order valence-electron chi connectivity index (χ3n) is 3.61. The summed E-state index contributed by atoms with van der Waals surface area (Å²) in [5.41, 5.74) is 0.970. The number of amides is 2. The summed E-state index contributed by atoms with van der Waals surface area (Å²) in [5.74, 6) is -0.386. The summed E-state index contributed by atoms with van der Waals surface area (Å²) >= 11 is 4.66. The minimum absolute atomic E-state index is 0.223. The van der Waals surface area contributed by atoms with E-state index in [4.69, 9.17) is 4.74 Å². The summed E-state index contributed by atoms with van der Waals surface area (Å²) in [6, 6.07) is 13.9. The first-order valence-corrected chi connectivity index (χ1v) is 10.1. The van der Waals surface area contributed by atoms with Gasteiger partial charge in [-0.05, 0) is 42.8 Å². The van der Waals surface area contributed by atoms with Gasteiger partial charge in [-0.15, -0.1) is 10.2 Å². The first-order valence-electron chi connectivity index (χ1n) is 8.46. The number of carbonyl (C=O) groups excluding carboxylic acids is 2. The van der Waals surface area contributed by atoms with Crippen LogP contribution >= 0.6 is 27.3 Å². The monoisotopic (exact) mass is 460 g/mol. The van der Waals surface area contributed by atoms with Crippen molar-refractivity contribution in [2.24, 2.45) is 0 Å². The maximum Gasteiger partial charge on any atom is 0.262 e. The predicted molar refractivity (Wildman–Crippen MR) is 112 cm³/mol. The number of nitrogens with zero attached hydrogens (tertiary/aromatic N) is 2. The standard InChI is InChI=1S/C19H17BrN4O3S/c1-2-17-23-24-19(28-17)22-18(26)14-5-3-4-6-15(14)27-11-16(25)21-13-9-7-12(20)8-10-13/h3-10H,2,11H2,1H3,(H,21,25)(H,22,24,26). The molecule has 0 fully saturated rings. The van der Waals surface area contributed by atoms with Crippen molar-refractivity contribution < 1.29 is 14.3 Å². The fourth-order valence-corrected chi connectivity index (χ4v) is 3.20. The van der Waals surface area contributed by atoms with Crippen molar-refractivity contribution >= 4 is 49.9 Å².